The van der Waals surface area contributed by atoms with Gasteiger partial charge in [-0.05, 0) is 43.2 Å². The number of benzene rings is 1. The summed E-state index contributed by atoms with van der Waals surface area (Å²) in [5.41, 5.74) is 3.54. The topological polar surface area (TPSA) is 34.0 Å². The van der Waals surface area contributed by atoms with Crippen LogP contribution in [0.15, 0.2) is 45.8 Å². The molecule has 1 N–H and O–H groups in total. The molecule has 19 heavy (non-hydrogen) atoms. The van der Waals surface area contributed by atoms with Gasteiger partial charge in [-0.2, -0.15) is 0 Å². The number of rotatable bonds is 4. The molecular formula is C15H17BrN2O. The Morgan fingerprint density at radius 1 is 1.21 bits per heavy atom. The third-order valence-electron chi connectivity index (χ3n) is 3.02. The van der Waals surface area contributed by atoms with Gasteiger partial charge in [-0.1, -0.05) is 22.0 Å². The second kappa shape index (κ2) is 6.06. The maximum atomic E-state index is 11.5. The van der Waals surface area contributed by atoms with Crippen molar-refractivity contribution in [3.8, 4) is 0 Å². The Hall–Kier alpha value is -1.55. The molecule has 1 aromatic heterocycles. The summed E-state index contributed by atoms with van der Waals surface area (Å²) in [5, 5.41) is 3.35. The Balaban J connectivity index is 2.00. The second-order valence-corrected chi connectivity index (χ2v) is 5.38. The van der Waals surface area contributed by atoms with Crippen molar-refractivity contribution in [2.45, 2.75) is 20.4 Å². The number of nitrogens with one attached hydrogen (secondary N) is 1. The number of nitrogens with zero attached hydrogens (tertiary/aromatic N) is 1. The number of aryl methyl sites for hydroxylation is 2. The molecule has 0 bridgehead atoms. The summed E-state index contributed by atoms with van der Waals surface area (Å²) in [4.78, 5) is 11.5. The number of aromatic nitrogens is 1. The van der Waals surface area contributed by atoms with Crippen molar-refractivity contribution in [1.29, 1.82) is 0 Å². The van der Waals surface area contributed by atoms with Gasteiger partial charge in [-0.25, -0.2) is 0 Å². The van der Waals surface area contributed by atoms with E-state index in [9.17, 15) is 4.79 Å². The van der Waals surface area contributed by atoms with E-state index in [4.69, 9.17) is 0 Å². The zero-order valence-corrected chi connectivity index (χ0v) is 12.7. The molecule has 100 valence electrons. The fourth-order valence-electron chi connectivity index (χ4n) is 2.01. The number of halogens is 1. The molecule has 4 heteroatoms. The van der Waals surface area contributed by atoms with Crippen molar-refractivity contribution in [2.24, 2.45) is 0 Å². The van der Waals surface area contributed by atoms with E-state index >= 15 is 0 Å². The van der Waals surface area contributed by atoms with Gasteiger partial charge in [0.15, 0.2) is 0 Å². The molecule has 2 rings (SSSR count). The molecule has 0 aliphatic carbocycles. The summed E-state index contributed by atoms with van der Waals surface area (Å²) < 4.78 is 2.85. The third kappa shape index (κ3) is 3.47. The average molecular weight is 321 g/mol. The molecular weight excluding hydrogens is 304 g/mol. The van der Waals surface area contributed by atoms with Crippen LogP contribution in [0.25, 0.3) is 0 Å². The number of pyridine rings is 1. The minimum atomic E-state index is 0.0347. The lowest BCUT2D eigenvalue weighted by Crippen LogP contribution is -2.22. The third-order valence-corrected chi connectivity index (χ3v) is 4.27. The van der Waals surface area contributed by atoms with Crippen molar-refractivity contribution in [2.75, 3.05) is 11.9 Å². The molecule has 0 amide bonds. The smallest absolute Gasteiger partial charge is 0.250 e. The largest absolute Gasteiger partial charge is 0.383 e. The lowest BCUT2D eigenvalue weighted by atomic mass is 10.1. The molecule has 0 unspecified atom stereocenters. The molecule has 1 aromatic carbocycles. The van der Waals surface area contributed by atoms with Crippen LogP contribution in [0, 0.1) is 13.8 Å². The van der Waals surface area contributed by atoms with Crippen LogP contribution in [-0.2, 0) is 6.54 Å². The van der Waals surface area contributed by atoms with E-state index < -0.39 is 0 Å². The van der Waals surface area contributed by atoms with Gasteiger partial charge in [0.1, 0.15) is 0 Å². The van der Waals surface area contributed by atoms with Crippen LogP contribution in [-0.4, -0.2) is 11.1 Å². The molecule has 0 aliphatic heterocycles. The number of anilines is 1. The molecule has 0 saturated heterocycles. The monoisotopic (exact) mass is 320 g/mol. The van der Waals surface area contributed by atoms with E-state index in [0.717, 1.165) is 16.7 Å². The number of hydrogen-bond acceptors (Lipinski definition) is 2. The van der Waals surface area contributed by atoms with Gasteiger partial charge in [-0.3, -0.25) is 4.79 Å². The fraction of sp³-hybridized carbons (Fsp3) is 0.267. The highest BCUT2D eigenvalue weighted by Crippen LogP contribution is 2.24. The second-order valence-electron chi connectivity index (χ2n) is 4.58. The minimum absolute atomic E-state index is 0.0347. The summed E-state index contributed by atoms with van der Waals surface area (Å²) in [6.45, 7) is 5.53. The molecule has 0 radical (unpaired) electrons. The van der Waals surface area contributed by atoms with Crippen molar-refractivity contribution < 1.29 is 0 Å². The van der Waals surface area contributed by atoms with Gasteiger partial charge >= 0.3 is 0 Å². The van der Waals surface area contributed by atoms with Crippen molar-refractivity contribution in [3.05, 3.63) is 62.5 Å². The first-order valence-corrected chi connectivity index (χ1v) is 7.03. The molecule has 2 aromatic rings. The highest BCUT2D eigenvalue weighted by atomic mass is 79.9. The Morgan fingerprint density at radius 3 is 2.53 bits per heavy atom. The van der Waals surface area contributed by atoms with Crippen LogP contribution in [0.1, 0.15) is 11.1 Å². The van der Waals surface area contributed by atoms with Crippen LogP contribution in [0.3, 0.4) is 0 Å². The van der Waals surface area contributed by atoms with Crippen LogP contribution in [0.5, 0.6) is 0 Å². The minimum Gasteiger partial charge on any atom is -0.383 e. The SMILES string of the molecule is Cc1cc(NCCn2ccccc2=O)cc(C)c1Br. The van der Waals surface area contributed by atoms with E-state index in [1.807, 2.05) is 12.3 Å². The van der Waals surface area contributed by atoms with Crippen LogP contribution in [0.2, 0.25) is 0 Å². The predicted molar refractivity (Wildman–Crippen MR) is 82.8 cm³/mol. The fourth-order valence-corrected chi connectivity index (χ4v) is 2.24. The van der Waals surface area contributed by atoms with Crippen LogP contribution >= 0.6 is 15.9 Å². The first-order valence-electron chi connectivity index (χ1n) is 6.24. The summed E-state index contributed by atoms with van der Waals surface area (Å²) in [6.07, 6.45) is 1.81. The average Bonchev–Trinajstić information content (AvgIpc) is 2.38. The lowest BCUT2D eigenvalue weighted by molar-refractivity contribution is 0.697. The van der Waals surface area contributed by atoms with Gasteiger partial charge in [0.25, 0.3) is 5.56 Å². The maximum Gasteiger partial charge on any atom is 0.250 e. The van der Waals surface area contributed by atoms with Crippen molar-refractivity contribution in [1.82, 2.24) is 4.57 Å². The molecule has 1 heterocycles. The van der Waals surface area contributed by atoms with Gasteiger partial charge in [0, 0.05) is 35.5 Å². The Labute approximate surface area is 121 Å². The van der Waals surface area contributed by atoms with Gasteiger partial charge in [0.05, 0.1) is 0 Å². The van der Waals surface area contributed by atoms with Crippen LogP contribution < -0.4 is 10.9 Å². The maximum absolute atomic E-state index is 11.5. The summed E-state index contributed by atoms with van der Waals surface area (Å²) in [5.74, 6) is 0. The quantitative estimate of drug-likeness (QED) is 0.937. The highest BCUT2D eigenvalue weighted by Gasteiger charge is 2.02. The van der Waals surface area contributed by atoms with E-state index in [2.05, 4.69) is 47.2 Å². The normalized spacial score (nSPS) is 10.5. The number of hydrogen-bond donors (Lipinski definition) is 1. The standard InChI is InChI=1S/C15H17BrN2O/c1-11-9-13(10-12(2)15(11)16)17-6-8-18-7-4-3-5-14(18)19/h3-5,7,9-10,17H,6,8H2,1-2H3. The van der Waals surface area contributed by atoms with Crippen molar-refractivity contribution >= 4 is 21.6 Å². The summed E-state index contributed by atoms with van der Waals surface area (Å²) >= 11 is 3.55. The van der Waals surface area contributed by atoms with Gasteiger partial charge in [0.2, 0.25) is 0 Å². The van der Waals surface area contributed by atoms with E-state index in [1.165, 1.54) is 11.1 Å². The first kappa shape index (κ1) is 13.9. The van der Waals surface area contributed by atoms with Crippen molar-refractivity contribution in [3.63, 3.8) is 0 Å². The molecule has 0 saturated carbocycles. The molecule has 0 fully saturated rings. The molecule has 3 nitrogen and oxygen atoms in total. The van der Waals surface area contributed by atoms with E-state index in [0.29, 0.717) is 6.54 Å². The van der Waals surface area contributed by atoms with Gasteiger partial charge < -0.3 is 9.88 Å². The predicted octanol–water partition coefficient (Wildman–Crippen LogP) is 3.34. The first-order chi connectivity index (χ1) is 9.08. The summed E-state index contributed by atoms with van der Waals surface area (Å²) in [7, 11) is 0. The van der Waals surface area contributed by atoms with E-state index in [-0.39, 0.29) is 5.56 Å². The zero-order valence-electron chi connectivity index (χ0n) is 11.1. The molecule has 0 spiro atoms. The highest BCUT2D eigenvalue weighted by molar-refractivity contribution is 9.10. The molecule has 0 aliphatic rings. The lowest BCUT2D eigenvalue weighted by Gasteiger charge is -2.11. The van der Waals surface area contributed by atoms with E-state index in [1.54, 1.807) is 16.7 Å². The van der Waals surface area contributed by atoms with Gasteiger partial charge in [-0.15, -0.1) is 0 Å². The molecule has 0 atom stereocenters. The Kier molecular flexibility index (Phi) is 4.43. The summed E-state index contributed by atoms with van der Waals surface area (Å²) in [6, 6.07) is 9.41. The zero-order chi connectivity index (χ0) is 13.8. The van der Waals surface area contributed by atoms with Crippen LogP contribution in [0.4, 0.5) is 5.69 Å². The Morgan fingerprint density at radius 2 is 1.89 bits per heavy atom. The Bertz CT molecular complexity index is 611.